The summed E-state index contributed by atoms with van der Waals surface area (Å²) >= 11 is 0. The second-order valence-electron chi connectivity index (χ2n) is 3.63. The van der Waals surface area contributed by atoms with Gasteiger partial charge >= 0.3 is 0 Å². The Hall–Kier alpha value is -2.16. The van der Waals surface area contributed by atoms with Crippen molar-refractivity contribution in [1.82, 2.24) is 4.98 Å². The normalized spacial score (nSPS) is 11.4. The molecule has 0 saturated carbocycles. The Morgan fingerprint density at radius 2 is 1.55 bits per heavy atom. The van der Waals surface area contributed by atoms with E-state index in [9.17, 15) is 26.0 Å². The number of anilines is 1. The van der Waals surface area contributed by atoms with E-state index < -0.39 is 44.1 Å². The number of aromatic nitrogens is 1. The van der Waals surface area contributed by atoms with E-state index in [0.717, 1.165) is 24.3 Å². The van der Waals surface area contributed by atoms with Crippen molar-refractivity contribution in [3.05, 3.63) is 53.9 Å². The van der Waals surface area contributed by atoms with E-state index in [1.165, 1.54) is 0 Å². The molecule has 0 bridgehead atoms. The van der Waals surface area contributed by atoms with E-state index in [4.69, 9.17) is 0 Å². The lowest BCUT2D eigenvalue weighted by atomic mass is 10.3. The number of hydrogen-bond acceptors (Lipinski definition) is 3. The zero-order valence-electron chi connectivity index (χ0n) is 9.57. The van der Waals surface area contributed by atoms with E-state index >= 15 is 0 Å². The first-order valence-electron chi connectivity index (χ1n) is 5.10. The summed E-state index contributed by atoms with van der Waals surface area (Å²) in [5.41, 5.74) is -0.728. The molecule has 106 valence electrons. The van der Waals surface area contributed by atoms with E-state index in [0.29, 0.717) is 6.07 Å². The van der Waals surface area contributed by atoms with Crippen LogP contribution in [0.2, 0.25) is 0 Å². The topological polar surface area (TPSA) is 59.1 Å². The van der Waals surface area contributed by atoms with Gasteiger partial charge in [-0.05, 0) is 24.3 Å². The van der Waals surface area contributed by atoms with Crippen LogP contribution < -0.4 is 4.72 Å². The first kappa shape index (κ1) is 14.3. The summed E-state index contributed by atoms with van der Waals surface area (Å²) in [5.74, 6) is -5.30. The van der Waals surface area contributed by atoms with Gasteiger partial charge in [0, 0.05) is 0 Å². The summed E-state index contributed by atoms with van der Waals surface area (Å²) < 4.78 is 77.8. The standard InChI is InChI=1S/C11H6F4N2O2S/c12-6-2-1-3-7(13)10(6)20(18,19)17-8-4-5-9(14)16-11(8)15/h1-5,17H. The van der Waals surface area contributed by atoms with Crippen LogP contribution in [0, 0.1) is 23.5 Å². The highest BCUT2D eigenvalue weighted by molar-refractivity contribution is 7.92. The van der Waals surface area contributed by atoms with Crippen molar-refractivity contribution in [2.75, 3.05) is 4.72 Å². The average molecular weight is 306 g/mol. The van der Waals surface area contributed by atoms with Gasteiger partial charge in [0.15, 0.2) is 4.90 Å². The Morgan fingerprint density at radius 3 is 2.10 bits per heavy atom. The van der Waals surface area contributed by atoms with Crippen molar-refractivity contribution in [2.24, 2.45) is 0 Å². The van der Waals surface area contributed by atoms with Crippen molar-refractivity contribution in [2.45, 2.75) is 4.90 Å². The maximum Gasteiger partial charge on any atom is 0.267 e. The minimum absolute atomic E-state index is 0.693. The molecule has 0 amide bonds. The van der Waals surface area contributed by atoms with E-state index in [2.05, 4.69) is 4.98 Å². The molecule has 1 aromatic heterocycles. The molecule has 1 N–H and O–H groups in total. The van der Waals surface area contributed by atoms with Gasteiger partial charge in [-0.1, -0.05) is 6.07 Å². The summed E-state index contributed by atoms with van der Waals surface area (Å²) in [6.45, 7) is 0. The van der Waals surface area contributed by atoms with Gasteiger partial charge in [-0.3, -0.25) is 4.72 Å². The van der Waals surface area contributed by atoms with Crippen molar-refractivity contribution in [1.29, 1.82) is 0 Å². The quantitative estimate of drug-likeness (QED) is 0.700. The van der Waals surface area contributed by atoms with Crippen LogP contribution in [-0.4, -0.2) is 13.4 Å². The fraction of sp³-hybridized carbons (Fsp3) is 0. The zero-order valence-corrected chi connectivity index (χ0v) is 10.4. The fourth-order valence-electron chi connectivity index (χ4n) is 1.42. The fourth-order valence-corrected chi connectivity index (χ4v) is 2.62. The van der Waals surface area contributed by atoms with Crippen LogP contribution in [0.3, 0.4) is 0 Å². The lowest BCUT2D eigenvalue weighted by Crippen LogP contribution is -2.17. The van der Waals surface area contributed by atoms with Crippen LogP contribution in [0.15, 0.2) is 35.2 Å². The number of nitrogens with zero attached hydrogens (tertiary/aromatic N) is 1. The highest BCUT2D eigenvalue weighted by Gasteiger charge is 2.25. The third-order valence-corrected chi connectivity index (χ3v) is 3.66. The number of sulfonamides is 1. The Morgan fingerprint density at radius 1 is 0.950 bits per heavy atom. The minimum atomic E-state index is -4.71. The molecule has 0 unspecified atom stereocenters. The molecule has 0 spiro atoms. The van der Waals surface area contributed by atoms with Gasteiger partial charge in [0.2, 0.25) is 11.9 Å². The molecule has 1 aromatic carbocycles. The Balaban J connectivity index is 2.46. The number of nitrogens with one attached hydrogen (secondary N) is 1. The molecule has 0 atom stereocenters. The van der Waals surface area contributed by atoms with Gasteiger partial charge in [0.1, 0.15) is 17.3 Å². The van der Waals surface area contributed by atoms with E-state index in [1.54, 1.807) is 4.72 Å². The van der Waals surface area contributed by atoms with Gasteiger partial charge < -0.3 is 0 Å². The molecule has 9 heteroatoms. The molecule has 0 radical (unpaired) electrons. The highest BCUT2D eigenvalue weighted by atomic mass is 32.2. The zero-order chi connectivity index (χ0) is 14.9. The lowest BCUT2D eigenvalue weighted by Gasteiger charge is -2.09. The first-order valence-corrected chi connectivity index (χ1v) is 6.58. The van der Waals surface area contributed by atoms with Crippen LogP contribution in [-0.2, 0) is 10.0 Å². The number of hydrogen-bond donors (Lipinski definition) is 1. The SMILES string of the molecule is O=S(=O)(Nc1ccc(F)nc1F)c1c(F)cccc1F. The number of pyridine rings is 1. The highest BCUT2D eigenvalue weighted by Crippen LogP contribution is 2.22. The average Bonchev–Trinajstić information content (AvgIpc) is 2.32. The van der Waals surface area contributed by atoms with Crippen LogP contribution in [0.25, 0.3) is 0 Å². The van der Waals surface area contributed by atoms with Crippen LogP contribution in [0.4, 0.5) is 23.2 Å². The molecule has 2 aromatic rings. The van der Waals surface area contributed by atoms with Gasteiger partial charge in [-0.2, -0.15) is 13.8 Å². The minimum Gasteiger partial charge on any atom is -0.275 e. The van der Waals surface area contributed by atoms with Crippen molar-refractivity contribution < 1.29 is 26.0 Å². The smallest absolute Gasteiger partial charge is 0.267 e. The molecular formula is C11H6F4N2O2S. The van der Waals surface area contributed by atoms with Crippen molar-refractivity contribution in [3.8, 4) is 0 Å². The number of halogens is 4. The maximum absolute atomic E-state index is 13.4. The Labute approximate surface area is 111 Å². The molecule has 20 heavy (non-hydrogen) atoms. The predicted octanol–water partition coefficient (Wildman–Crippen LogP) is 2.44. The monoisotopic (exact) mass is 306 g/mol. The Kier molecular flexibility index (Phi) is 3.62. The van der Waals surface area contributed by atoms with Gasteiger partial charge in [-0.15, -0.1) is 0 Å². The molecule has 4 nitrogen and oxygen atoms in total. The Bertz CT molecular complexity index is 745. The summed E-state index contributed by atoms with van der Waals surface area (Å²) in [6.07, 6.45) is 0. The molecule has 0 fully saturated rings. The van der Waals surface area contributed by atoms with Crippen molar-refractivity contribution in [3.63, 3.8) is 0 Å². The predicted molar refractivity (Wildman–Crippen MR) is 61.3 cm³/mol. The molecule has 0 aliphatic heterocycles. The summed E-state index contributed by atoms with van der Waals surface area (Å²) in [5, 5.41) is 0. The molecule has 0 aliphatic carbocycles. The summed E-state index contributed by atoms with van der Waals surface area (Å²) in [4.78, 5) is 1.49. The van der Waals surface area contributed by atoms with Crippen LogP contribution >= 0.6 is 0 Å². The second-order valence-corrected chi connectivity index (χ2v) is 5.25. The molecule has 2 rings (SSSR count). The largest absolute Gasteiger partial charge is 0.275 e. The van der Waals surface area contributed by atoms with Gasteiger partial charge in [0.25, 0.3) is 10.0 Å². The summed E-state index contributed by atoms with van der Waals surface area (Å²) in [7, 11) is -4.71. The first-order chi connectivity index (χ1) is 9.31. The number of rotatable bonds is 3. The summed E-state index contributed by atoms with van der Waals surface area (Å²) in [6, 6.07) is 3.88. The van der Waals surface area contributed by atoms with E-state index in [1.807, 2.05) is 0 Å². The molecule has 0 saturated heterocycles. The molecule has 1 heterocycles. The third kappa shape index (κ3) is 2.72. The molecule has 0 aliphatic rings. The van der Waals surface area contributed by atoms with Crippen molar-refractivity contribution >= 4 is 15.7 Å². The van der Waals surface area contributed by atoms with Gasteiger partial charge in [0.05, 0.1) is 0 Å². The van der Waals surface area contributed by atoms with E-state index in [-0.39, 0.29) is 0 Å². The maximum atomic E-state index is 13.4. The lowest BCUT2D eigenvalue weighted by molar-refractivity contribution is 0.512. The van der Waals surface area contributed by atoms with Crippen LogP contribution in [0.1, 0.15) is 0 Å². The number of benzene rings is 1. The van der Waals surface area contributed by atoms with Gasteiger partial charge in [-0.25, -0.2) is 17.2 Å². The second kappa shape index (κ2) is 5.08. The third-order valence-electron chi connectivity index (χ3n) is 2.25. The molecular weight excluding hydrogens is 300 g/mol. The van der Waals surface area contributed by atoms with Crippen LogP contribution in [0.5, 0.6) is 0 Å².